The lowest BCUT2D eigenvalue weighted by molar-refractivity contribution is 0.420. The molecular weight excluding hydrogens is 251 g/mol. The highest BCUT2D eigenvalue weighted by Crippen LogP contribution is 2.44. The standard InChI is InChI=1S/C17H25FN2/c1-2-20(16-6-4-3-5-15(16)18)12-11-19-17(13-7-8-13)14-9-10-14/h3-6,13-14,17,19H,2,7-12H2,1H3. The normalized spacial score (nSPS) is 18.6. The van der Waals surface area contributed by atoms with Gasteiger partial charge < -0.3 is 10.2 Å². The highest BCUT2D eigenvalue weighted by molar-refractivity contribution is 5.47. The summed E-state index contributed by atoms with van der Waals surface area (Å²) < 4.78 is 13.8. The fraction of sp³-hybridized carbons (Fsp3) is 0.647. The lowest BCUT2D eigenvalue weighted by Gasteiger charge is -2.25. The second-order valence-corrected chi connectivity index (χ2v) is 6.19. The van der Waals surface area contributed by atoms with Crippen LogP contribution >= 0.6 is 0 Å². The molecule has 3 rings (SSSR count). The minimum absolute atomic E-state index is 0.115. The van der Waals surface area contributed by atoms with Crippen molar-refractivity contribution in [3.05, 3.63) is 30.1 Å². The average molecular weight is 276 g/mol. The zero-order valence-electron chi connectivity index (χ0n) is 12.3. The van der Waals surface area contributed by atoms with Crippen molar-refractivity contribution in [3.8, 4) is 0 Å². The Morgan fingerprint density at radius 1 is 1.20 bits per heavy atom. The predicted molar refractivity (Wildman–Crippen MR) is 81.5 cm³/mol. The molecule has 0 unspecified atom stereocenters. The summed E-state index contributed by atoms with van der Waals surface area (Å²) in [6.07, 6.45) is 5.61. The van der Waals surface area contributed by atoms with E-state index in [-0.39, 0.29) is 5.82 Å². The molecule has 1 N–H and O–H groups in total. The summed E-state index contributed by atoms with van der Waals surface area (Å²) in [5.41, 5.74) is 0.728. The van der Waals surface area contributed by atoms with Gasteiger partial charge in [0.15, 0.2) is 0 Å². The molecule has 0 bridgehead atoms. The highest BCUT2D eigenvalue weighted by atomic mass is 19.1. The molecule has 2 aliphatic carbocycles. The molecule has 0 saturated heterocycles. The third-order valence-electron chi connectivity index (χ3n) is 4.60. The highest BCUT2D eigenvalue weighted by Gasteiger charge is 2.40. The zero-order chi connectivity index (χ0) is 13.9. The van der Waals surface area contributed by atoms with Gasteiger partial charge in [-0.25, -0.2) is 4.39 Å². The number of hydrogen-bond donors (Lipinski definition) is 1. The SMILES string of the molecule is CCN(CCNC(C1CC1)C1CC1)c1ccccc1F. The molecule has 3 heteroatoms. The third kappa shape index (κ3) is 3.32. The van der Waals surface area contributed by atoms with Crippen LogP contribution in [0.15, 0.2) is 24.3 Å². The van der Waals surface area contributed by atoms with Gasteiger partial charge in [0.2, 0.25) is 0 Å². The first kappa shape index (κ1) is 13.9. The summed E-state index contributed by atoms with van der Waals surface area (Å²) in [7, 11) is 0. The quantitative estimate of drug-likeness (QED) is 0.782. The van der Waals surface area contributed by atoms with Crippen molar-refractivity contribution in [1.29, 1.82) is 0 Å². The molecule has 0 aromatic heterocycles. The molecule has 0 radical (unpaired) electrons. The Bertz CT molecular complexity index is 428. The number of halogens is 1. The van der Waals surface area contributed by atoms with Crippen molar-refractivity contribution in [3.63, 3.8) is 0 Å². The summed E-state index contributed by atoms with van der Waals surface area (Å²) in [6.45, 7) is 4.78. The summed E-state index contributed by atoms with van der Waals surface area (Å²) in [4.78, 5) is 2.12. The van der Waals surface area contributed by atoms with Crippen LogP contribution in [-0.2, 0) is 0 Å². The van der Waals surface area contributed by atoms with E-state index in [4.69, 9.17) is 0 Å². The van der Waals surface area contributed by atoms with Crippen LogP contribution in [0.5, 0.6) is 0 Å². The largest absolute Gasteiger partial charge is 0.368 e. The number of para-hydroxylation sites is 1. The minimum Gasteiger partial charge on any atom is -0.368 e. The molecule has 110 valence electrons. The van der Waals surface area contributed by atoms with Gasteiger partial charge in [0.25, 0.3) is 0 Å². The zero-order valence-corrected chi connectivity index (χ0v) is 12.3. The van der Waals surface area contributed by atoms with Crippen LogP contribution in [0.1, 0.15) is 32.6 Å². The molecule has 2 saturated carbocycles. The summed E-state index contributed by atoms with van der Waals surface area (Å²) in [5.74, 6) is 1.73. The van der Waals surface area contributed by atoms with Gasteiger partial charge in [-0.05, 0) is 56.6 Å². The van der Waals surface area contributed by atoms with Crippen molar-refractivity contribution >= 4 is 5.69 Å². The van der Waals surface area contributed by atoms with Crippen molar-refractivity contribution in [2.24, 2.45) is 11.8 Å². The van der Waals surface area contributed by atoms with Crippen LogP contribution in [0.3, 0.4) is 0 Å². The van der Waals surface area contributed by atoms with Crippen molar-refractivity contribution < 1.29 is 4.39 Å². The maximum Gasteiger partial charge on any atom is 0.146 e. The van der Waals surface area contributed by atoms with E-state index in [9.17, 15) is 4.39 Å². The van der Waals surface area contributed by atoms with Crippen LogP contribution in [-0.4, -0.2) is 25.7 Å². The second kappa shape index (κ2) is 6.13. The van der Waals surface area contributed by atoms with E-state index >= 15 is 0 Å². The Hall–Kier alpha value is -1.09. The fourth-order valence-corrected chi connectivity index (χ4v) is 3.15. The molecule has 2 nitrogen and oxygen atoms in total. The maximum absolute atomic E-state index is 13.8. The van der Waals surface area contributed by atoms with Crippen molar-refractivity contribution in [1.82, 2.24) is 5.32 Å². The van der Waals surface area contributed by atoms with E-state index in [1.807, 2.05) is 12.1 Å². The van der Waals surface area contributed by atoms with Gasteiger partial charge >= 0.3 is 0 Å². The van der Waals surface area contributed by atoms with Gasteiger partial charge in [-0.15, -0.1) is 0 Å². The lowest BCUT2D eigenvalue weighted by Crippen LogP contribution is -2.39. The Balaban J connectivity index is 1.52. The number of rotatable bonds is 8. The third-order valence-corrected chi connectivity index (χ3v) is 4.60. The molecule has 20 heavy (non-hydrogen) atoms. The molecule has 0 heterocycles. The summed E-state index contributed by atoms with van der Waals surface area (Å²) in [5, 5.41) is 3.73. The predicted octanol–water partition coefficient (Wildman–Crippen LogP) is 3.43. The Labute approximate surface area is 121 Å². The summed E-state index contributed by atoms with van der Waals surface area (Å²) >= 11 is 0. The first-order valence-electron chi connectivity index (χ1n) is 8.02. The number of anilines is 1. The van der Waals surface area contributed by atoms with Gasteiger partial charge in [0.1, 0.15) is 5.82 Å². The van der Waals surface area contributed by atoms with Crippen LogP contribution in [0.4, 0.5) is 10.1 Å². The molecular formula is C17H25FN2. The molecule has 0 aliphatic heterocycles. The first-order chi connectivity index (χ1) is 9.79. The molecule has 1 aromatic carbocycles. The van der Waals surface area contributed by atoms with Crippen LogP contribution < -0.4 is 10.2 Å². The fourth-order valence-electron chi connectivity index (χ4n) is 3.15. The van der Waals surface area contributed by atoms with Gasteiger partial charge in [-0.2, -0.15) is 0 Å². The van der Waals surface area contributed by atoms with Crippen molar-refractivity contribution in [2.45, 2.75) is 38.6 Å². The Morgan fingerprint density at radius 2 is 1.85 bits per heavy atom. The monoisotopic (exact) mass is 276 g/mol. The molecule has 0 amide bonds. The number of hydrogen-bond acceptors (Lipinski definition) is 2. The number of likely N-dealkylation sites (N-methyl/N-ethyl adjacent to an activating group) is 1. The number of nitrogens with zero attached hydrogens (tertiary/aromatic N) is 1. The van der Waals surface area contributed by atoms with Gasteiger partial charge in [-0.3, -0.25) is 0 Å². The first-order valence-corrected chi connectivity index (χ1v) is 8.02. The lowest BCUT2D eigenvalue weighted by atomic mass is 10.1. The van der Waals surface area contributed by atoms with Gasteiger partial charge in [0, 0.05) is 25.7 Å². The molecule has 1 aromatic rings. The van der Waals surface area contributed by atoms with Crippen LogP contribution in [0, 0.1) is 17.7 Å². The number of nitrogens with one attached hydrogen (secondary N) is 1. The van der Waals surface area contributed by atoms with Gasteiger partial charge in [-0.1, -0.05) is 12.1 Å². The van der Waals surface area contributed by atoms with E-state index in [1.54, 1.807) is 12.1 Å². The van der Waals surface area contributed by atoms with E-state index in [1.165, 1.54) is 25.7 Å². The Morgan fingerprint density at radius 3 is 2.40 bits per heavy atom. The van der Waals surface area contributed by atoms with Gasteiger partial charge in [0.05, 0.1) is 5.69 Å². The van der Waals surface area contributed by atoms with Crippen LogP contribution in [0.2, 0.25) is 0 Å². The number of benzene rings is 1. The van der Waals surface area contributed by atoms with E-state index in [0.717, 1.165) is 43.2 Å². The molecule has 2 fully saturated rings. The maximum atomic E-state index is 13.8. The van der Waals surface area contributed by atoms with Crippen LogP contribution in [0.25, 0.3) is 0 Å². The average Bonchev–Trinajstić information content (AvgIpc) is 3.34. The van der Waals surface area contributed by atoms with Crippen molar-refractivity contribution in [2.75, 3.05) is 24.5 Å². The van der Waals surface area contributed by atoms with E-state index < -0.39 is 0 Å². The second-order valence-electron chi connectivity index (χ2n) is 6.19. The molecule has 0 spiro atoms. The smallest absolute Gasteiger partial charge is 0.146 e. The molecule has 0 atom stereocenters. The minimum atomic E-state index is -0.115. The summed E-state index contributed by atoms with van der Waals surface area (Å²) in [6, 6.07) is 7.81. The molecule has 2 aliphatic rings. The Kier molecular flexibility index (Phi) is 4.25. The van der Waals surface area contributed by atoms with E-state index in [0.29, 0.717) is 0 Å². The van der Waals surface area contributed by atoms with E-state index in [2.05, 4.69) is 17.1 Å². The topological polar surface area (TPSA) is 15.3 Å².